The Morgan fingerprint density at radius 3 is 2.58 bits per heavy atom. The number of para-hydroxylation sites is 1. The molecule has 1 unspecified atom stereocenters. The quantitative estimate of drug-likeness (QED) is 0.567. The van der Waals surface area contributed by atoms with E-state index in [0.717, 1.165) is 24.2 Å². The molecule has 0 bridgehead atoms. The van der Waals surface area contributed by atoms with Crippen LogP contribution in [0.4, 0.5) is 0 Å². The first kappa shape index (κ1) is 23.2. The largest absolute Gasteiger partial charge is 0.491 e. The Bertz CT molecular complexity index is 932. The topological polar surface area (TPSA) is 84.9 Å². The number of aryl methyl sites for hydroxylation is 1. The molecule has 1 N–H and O–H groups in total. The van der Waals surface area contributed by atoms with Gasteiger partial charge in [0, 0.05) is 19.6 Å². The minimum Gasteiger partial charge on any atom is -0.491 e. The predicted octanol–water partition coefficient (Wildman–Crippen LogP) is 2.61. The molecule has 3 rings (SSSR count). The Morgan fingerprint density at radius 2 is 1.84 bits per heavy atom. The van der Waals surface area contributed by atoms with Crippen molar-refractivity contribution in [1.82, 2.24) is 9.62 Å². The van der Waals surface area contributed by atoms with Crippen LogP contribution in [0.25, 0.3) is 0 Å². The van der Waals surface area contributed by atoms with E-state index in [1.165, 1.54) is 0 Å². The van der Waals surface area contributed by atoms with E-state index in [0.29, 0.717) is 32.8 Å². The summed E-state index contributed by atoms with van der Waals surface area (Å²) in [5.74, 6) is 0.773. The first-order valence-electron chi connectivity index (χ1n) is 10.5. The Balaban J connectivity index is 1.38. The molecule has 1 saturated heterocycles. The van der Waals surface area contributed by atoms with Crippen molar-refractivity contribution in [3.63, 3.8) is 0 Å². The maximum absolute atomic E-state index is 12.5. The Morgan fingerprint density at radius 1 is 1.10 bits per heavy atom. The van der Waals surface area contributed by atoms with Gasteiger partial charge in [-0.2, -0.15) is 0 Å². The molecule has 0 saturated carbocycles. The molecule has 1 amide bonds. The van der Waals surface area contributed by atoms with Gasteiger partial charge in [0.05, 0.1) is 11.5 Å². The number of amides is 1. The summed E-state index contributed by atoms with van der Waals surface area (Å²) in [6, 6.07) is 16.2. The summed E-state index contributed by atoms with van der Waals surface area (Å²) in [6.07, 6.45) is 1.73. The summed E-state index contributed by atoms with van der Waals surface area (Å²) in [5.41, 5.74) is 1.01. The fourth-order valence-electron chi connectivity index (χ4n) is 3.47. The fraction of sp³-hybridized carbons (Fsp3) is 0.435. The van der Waals surface area contributed by atoms with Crippen LogP contribution in [0.5, 0.6) is 5.75 Å². The Labute approximate surface area is 184 Å². The second kappa shape index (κ2) is 11.3. The highest BCUT2D eigenvalue weighted by Gasteiger charge is 2.25. The number of rotatable bonds is 10. The van der Waals surface area contributed by atoms with E-state index in [1.54, 1.807) is 29.2 Å². The molecule has 1 atom stereocenters. The molecule has 1 heterocycles. The number of nitrogens with zero attached hydrogens (tertiary/aromatic N) is 1. The van der Waals surface area contributed by atoms with Gasteiger partial charge in [-0.05, 0) is 49.9 Å². The molecule has 0 radical (unpaired) electrons. The lowest BCUT2D eigenvalue weighted by atomic mass is 9.98. The van der Waals surface area contributed by atoms with Crippen LogP contribution in [-0.4, -0.2) is 58.7 Å². The van der Waals surface area contributed by atoms with E-state index in [4.69, 9.17) is 9.47 Å². The van der Waals surface area contributed by atoms with Crippen LogP contribution in [0.3, 0.4) is 0 Å². The third kappa shape index (κ3) is 7.34. The second-order valence-corrected chi connectivity index (χ2v) is 9.49. The lowest BCUT2D eigenvalue weighted by molar-refractivity contribution is -0.138. The molecule has 7 nitrogen and oxygen atoms in total. The highest BCUT2D eigenvalue weighted by atomic mass is 32.2. The molecule has 8 heteroatoms. The van der Waals surface area contributed by atoms with Crippen LogP contribution >= 0.6 is 0 Å². The van der Waals surface area contributed by atoms with Gasteiger partial charge in [0.2, 0.25) is 15.9 Å². The van der Waals surface area contributed by atoms with E-state index in [2.05, 4.69) is 4.72 Å². The molecule has 1 fully saturated rings. The zero-order valence-electron chi connectivity index (χ0n) is 17.8. The highest BCUT2D eigenvalue weighted by Crippen LogP contribution is 2.17. The molecule has 2 aromatic rings. The van der Waals surface area contributed by atoms with Crippen LogP contribution in [0.2, 0.25) is 0 Å². The third-order valence-electron chi connectivity index (χ3n) is 5.23. The van der Waals surface area contributed by atoms with E-state index in [-0.39, 0.29) is 23.3 Å². The number of carbonyl (C=O) groups excluding carboxylic acids is 1. The van der Waals surface area contributed by atoms with Crippen molar-refractivity contribution in [2.24, 2.45) is 5.92 Å². The minimum atomic E-state index is -3.55. The molecule has 1 aliphatic heterocycles. The summed E-state index contributed by atoms with van der Waals surface area (Å²) in [5, 5.41) is 0. The third-order valence-corrected chi connectivity index (χ3v) is 6.67. The van der Waals surface area contributed by atoms with Crippen molar-refractivity contribution in [2.75, 3.05) is 39.5 Å². The zero-order valence-corrected chi connectivity index (χ0v) is 18.6. The van der Waals surface area contributed by atoms with E-state index >= 15 is 0 Å². The zero-order chi connectivity index (χ0) is 22.1. The maximum Gasteiger partial charge on any atom is 0.248 e. The number of nitrogens with one attached hydrogen (secondary N) is 1. The van der Waals surface area contributed by atoms with Crippen LogP contribution < -0.4 is 9.46 Å². The van der Waals surface area contributed by atoms with Gasteiger partial charge in [0.15, 0.2) is 0 Å². The standard InChI is InChI=1S/C23H30N2O5S/c1-19-9-11-22(12-10-19)31(27,28)24-16-20-6-5-13-25(17-20)23(26)18-29-14-15-30-21-7-3-2-4-8-21/h2-4,7-12,20,24H,5-6,13-18H2,1H3. The molecule has 2 aromatic carbocycles. The van der Waals surface area contributed by atoms with Gasteiger partial charge in [-0.3, -0.25) is 4.79 Å². The van der Waals surface area contributed by atoms with Crippen LogP contribution in [0.1, 0.15) is 18.4 Å². The Kier molecular flexibility index (Phi) is 8.45. The second-order valence-electron chi connectivity index (χ2n) is 7.73. The number of ether oxygens (including phenoxy) is 2. The molecular formula is C23H30N2O5S. The monoisotopic (exact) mass is 446 g/mol. The Hall–Kier alpha value is -2.42. The molecule has 168 valence electrons. The van der Waals surface area contributed by atoms with Crippen molar-refractivity contribution in [2.45, 2.75) is 24.7 Å². The summed E-state index contributed by atoms with van der Waals surface area (Å²) in [7, 11) is -3.55. The smallest absolute Gasteiger partial charge is 0.248 e. The van der Waals surface area contributed by atoms with Crippen LogP contribution in [-0.2, 0) is 19.6 Å². The SMILES string of the molecule is Cc1ccc(S(=O)(=O)NCC2CCCN(C(=O)COCCOc3ccccc3)C2)cc1. The van der Waals surface area contributed by atoms with Gasteiger partial charge < -0.3 is 14.4 Å². The first-order chi connectivity index (χ1) is 14.9. The number of likely N-dealkylation sites (tertiary alicyclic amines) is 1. The van der Waals surface area contributed by atoms with E-state index < -0.39 is 10.0 Å². The van der Waals surface area contributed by atoms with Crippen molar-refractivity contribution >= 4 is 15.9 Å². The average Bonchev–Trinajstić information content (AvgIpc) is 2.78. The number of benzene rings is 2. The fourth-order valence-corrected chi connectivity index (χ4v) is 4.59. The number of hydrogen-bond donors (Lipinski definition) is 1. The van der Waals surface area contributed by atoms with Gasteiger partial charge in [0.25, 0.3) is 0 Å². The normalized spacial score (nSPS) is 16.8. The predicted molar refractivity (Wildman–Crippen MR) is 118 cm³/mol. The average molecular weight is 447 g/mol. The summed E-state index contributed by atoms with van der Waals surface area (Å²) in [4.78, 5) is 14.5. The van der Waals surface area contributed by atoms with Crippen LogP contribution in [0, 0.1) is 12.8 Å². The van der Waals surface area contributed by atoms with Gasteiger partial charge in [-0.15, -0.1) is 0 Å². The number of carbonyl (C=O) groups is 1. The van der Waals surface area contributed by atoms with Gasteiger partial charge >= 0.3 is 0 Å². The maximum atomic E-state index is 12.5. The molecule has 0 aromatic heterocycles. The van der Waals surface area contributed by atoms with E-state index in [9.17, 15) is 13.2 Å². The van der Waals surface area contributed by atoms with Crippen molar-refractivity contribution in [3.8, 4) is 5.75 Å². The summed E-state index contributed by atoms with van der Waals surface area (Å²) in [6.45, 7) is 4.13. The number of sulfonamides is 1. The molecular weight excluding hydrogens is 416 g/mol. The summed E-state index contributed by atoms with van der Waals surface area (Å²) < 4.78 is 38.7. The van der Waals surface area contributed by atoms with Crippen LogP contribution in [0.15, 0.2) is 59.5 Å². The summed E-state index contributed by atoms with van der Waals surface area (Å²) >= 11 is 0. The lowest BCUT2D eigenvalue weighted by Gasteiger charge is -2.32. The lowest BCUT2D eigenvalue weighted by Crippen LogP contribution is -2.45. The van der Waals surface area contributed by atoms with Crippen molar-refractivity contribution in [1.29, 1.82) is 0 Å². The molecule has 1 aliphatic rings. The highest BCUT2D eigenvalue weighted by molar-refractivity contribution is 7.89. The molecule has 31 heavy (non-hydrogen) atoms. The van der Waals surface area contributed by atoms with Crippen molar-refractivity contribution in [3.05, 3.63) is 60.2 Å². The van der Waals surface area contributed by atoms with E-state index in [1.807, 2.05) is 37.3 Å². The first-order valence-corrected chi connectivity index (χ1v) is 12.0. The van der Waals surface area contributed by atoms with Gasteiger partial charge in [-0.25, -0.2) is 13.1 Å². The minimum absolute atomic E-state index is 0.0000364. The molecule has 0 aliphatic carbocycles. The molecule has 0 spiro atoms. The van der Waals surface area contributed by atoms with Gasteiger partial charge in [0.1, 0.15) is 19.0 Å². The van der Waals surface area contributed by atoms with Crippen molar-refractivity contribution < 1.29 is 22.7 Å². The number of piperidine rings is 1. The number of hydrogen-bond acceptors (Lipinski definition) is 5. The van der Waals surface area contributed by atoms with Gasteiger partial charge in [-0.1, -0.05) is 35.9 Å².